The molecule has 1 fully saturated rings. The maximum atomic E-state index is 12.2. The quantitative estimate of drug-likeness (QED) is 0.778. The van der Waals surface area contributed by atoms with Crippen LogP contribution in [0.4, 0.5) is 0 Å². The fourth-order valence-corrected chi connectivity index (χ4v) is 3.88. The molecule has 0 unspecified atom stereocenters. The fraction of sp³-hybridized carbons (Fsp3) is 0.571. The summed E-state index contributed by atoms with van der Waals surface area (Å²) in [7, 11) is -3.58. The van der Waals surface area contributed by atoms with E-state index in [9.17, 15) is 8.42 Å². The molecule has 5 nitrogen and oxygen atoms in total. The lowest BCUT2D eigenvalue weighted by Gasteiger charge is -2.22. The van der Waals surface area contributed by atoms with Gasteiger partial charge in [-0.25, -0.2) is 13.1 Å². The molecular formula is C14H21ClN2O3S. The van der Waals surface area contributed by atoms with E-state index in [0.29, 0.717) is 6.61 Å². The van der Waals surface area contributed by atoms with Crippen molar-refractivity contribution in [1.82, 2.24) is 10.0 Å². The summed E-state index contributed by atoms with van der Waals surface area (Å²) >= 11 is 5.99. The lowest BCUT2D eigenvalue weighted by Crippen LogP contribution is -2.34. The molecule has 7 heteroatoms. The zero-order chi connectivity index (χ0) is 15.3. The first kappa shape index (κ1) is 16.7. The number of halogens is 1. The number of rotatable bonds is 6. The Morgan fingerprint density at radius 1 is 1.38 bits per heavy atom. The van der Waals surface area contributed by atoms with Crippen molar-refractivity contribution in [1.29, 1.82) is 0 Å². The van der Waals surface area contributed by atoms with Crippen LogP contribution < -0.4 is 10.0 Å². The standard InChI is InChI=1S/C14H21ClN2O3S/c1-11-2-3-14(13(15)10-11)21(18,19)17-8-9-20-12-4-6-16-7-5-12/h2-3,10,12,16-17H,4-9H2,1H3. The average molecular weight is 333 g/mol. The molecule has 0 radical (unpaired) electrons. The summed E-state index contributed by atoms with van der Waals surface area (Å²) in [6, 6.07) is 4.89. The normalized spacial score (nSPS) is 17.0. The summed E-state index contributed by atoms with van der Waals surface area (Å²) in [4.78, 5) is 0.108. The van der Waals surface area contributed by atoms with Crippen molar-refractivity contribution >= 4 is 21.6 Å². The van der Waals surface area contributed by atoms with Gasteiger partial charge in [-0.15, -0.1) is 0 Å². The molecule has 0 bridgehead atoms. The van der Waals surface area contributed by atoms with Gasteiger partial charge in [0, 0.05) is 6.54 Å². The van der Waals surface area contributed by atoms with Crippen LogP contribution in [-0.4, -0.2) is 40.8 Å². The number of nitrogens with one attached hydrogen (secondary N) is 2. The van der Waals surface area contributed by atoms with Crippen LogP contribution in [0.15, 0.2) is 23.1 Å². The van der Waals surface area contributed by atoms with Crippen molar-refractivity contribution in [3.8, 4) is 0 Å². The van der Waals surface area contributed by atoms with Crippen molar-refractivity contribution in [3.63, 3.8) is 0 Å². The molecule has 118 valence electrons. The molecule has 0 atom stereocenters. The van der Waals surface area contributed by atoms with Crippen molar-refractivity contribution in [2.75, 3.05) is 26.2 Å². The molecule has 21 heavy (non-hydrogen) atoms. The third-order valence-corrected chi connectivity index (χ3v) is 5.35. The van der Waals surface area contributed by atoms with Gasteiger partial charge in [0.05, 0.1) is 17.7 Å². The predicted molar refractivity (Wildman–Crippen MR) is 83.2 cm³/mol. The third-order valence-electron chi connectivity index (χ3n) is 3.41. The molecule has 0 saturated carbocycles. The van der Waals surface area contributed by atoms with E-state index in [4.69, 9.17) is 16.3 Å². The highest BCUT2D eigenvalue weighted by Gasteiger charge is 2.18. The van der Waals surface area contributed by atoms with Crippen LogP contribution in [0.1, 0.15) is 18.4 Å². The SMILES string of the molecule is Cc1ccc(S(=O)(=O)NCCOC2CCNCC2)c(Cl)c1. The summed E-state index contributed by atoms with van der Waals surface area (Å²) in [6.07, 6.45) is 2.16. The summed E-state index contributed by atoms with van der Waals surface area (Å²) in [6.45, 7) is 4.39. The lowest BCUT2D eigenvalue weighted by atomic mass is 10.1. The molecule has 1 aliphatic rings. The molecule has 0 amide bonds. The first-order valence-corrected chi connectivity index (χ1v) is 8.93. The van der Waals surface area contributed by atoms with E-state index in [2.05, 4.69) is 10.0 Å². The predicted octanol–water partition coefficient (Wildman–Crippen LogP) is 1.70. The Morgan fingerprint density at radius 3 is 2.76 bits per heavy atom. The van der Waals surface area contributed by atoms with Crippen LogP contribution >= 0.6 is 11.6 Å². The maximum Gasteiger partial charge on any atom is 0.242 e. The van der Waals surface area contributed by atoms with Crippen molar-refractivity contribution < 1.29 is 13.2 Å². The Kier molecular flexibility index (Phi) is 6.01. The first-order valence-electron chi connectivity index (χ1n) is 7.07. The molecule has 1 saturated heterocycles. The second-order valence-electron chi connectivity index (χ2n) is 5.15. The van der Waals surface area contributed by atoms with E-state index in [1.54, 1.807) is 12.1 Å². The molecule has 1 heterocycles. The third kappa shape index (κ3) is 4.93. The van der Waals surface area contributed by atoms with Crippen LogP contribution in [0.3, 0.4) is 0 Å². The number of piperidine rings is 1. The Labute approximate surface area is 131 Å². The lowest BCUT2D eigenvalue weighted by molar-refractivity contribution is 0.0367. The van der Waals surface area contributed by atoms with Crippen LogP contribution in [0.5, 0.6) is 0 Å². The van der Waals surface area contributed by atoms with Gasteiger partial charge in [-0.2, -0.15) is 0 Å². The minimum atomic E-state index is -3.58. The highest BCUT2D eigenvalue weighted by atomic mass is 35.5. The molecule has 0 aliphatic carbocycles. The second-order valence-corrected chi connectivity index (χ2v) is 7.29. The highest BCUT2D eigenvalue weighted by molar-refractivity contribution is 7.89. The van der Waals surface area contributed by atoms with Gasteiger partial charge < -0.3 is 10.1 Å². The number of hydrogen-bond donors (Lipinski definition) is 2. The molecule has 2 N–H and O–H groups in total. The van der Waals surface area contributed by atoms with E-state index in [1.165, 1.54) is 6.07 Å². The van der Waals surface area contributed by atoms with Crippen LogP contribution in [0.25, 0.3) is 0 Å². The zero-order valence-electron chi connectivity index (χ0n) is 12.1. The van der Waals surface area contributed by atoms with E-state index >= 15 is 0 Å². The summed E-state index contributed by atoms with van der Waals surface area (Å²) < 4.78 is 32.5. The van der Waals surface area contributed by atoms with Crippen molar-refractivity contribution in [2.45, 2.75) is 30.8 Å². The van der Waals surface area contributed by atoms with Gasteiger partial charge in [-0.1, -0.05) is 17.7 Å². The second kappa shape index (κ2) is 7.56. The molecule has 1 aliphatic heterocycles. The van der Waals surface area contributed by atoms with Crippen LogP contribution in [0, 0.1) is 6.92 Å². The summed E-state index contributed by atoms with van der Waals surface area (Å²) in [5.74, 6) is 0. The number of sulfonamides is 1. The monoisotopic (exact) mass is 332 g/mol. The molecule has 0 spiro atoms. The Balaban J connectivity index is 1.83. The van der Waals surface area contributed by atoms with Gasteiger partial charge in [-0.3, -0.25) is 0 Å². The van der Waals surface area contributed by atoms with Gasteiger partial charge in [-0.05, 0) is 50.6 Å². The molecule has 1 aromatic carbocycles. The number of aryl methyl sites for hydroxylation is 1. The minimum absolute atomic E-state index is 0.108. The zero-order valence-corrected chi connectivity index (χ0v) is 13.6. The maximum absolute atomic E-state index is 12.2. The van der Waals surface area contributed by atoms with Gasteiger partial charge in [0.25, 0.3) is 0 Å². The van der Waals surface area contributed by atoms with Crippen molar-refractivity contribution in [2.24, 2.45) is 0 Å². The van der Waals surface area contributed by atoms with Gasteiger partial charge in [0.2, 0.25) is 10.0 Å². The topological polar surface area (TPSA) is 67.4 Å². The molecule has 2 rings (SSSR count). The summed E-state index contributed by atoms with van der Waals surface area (Å²) in [5.41, 5.74) is 0.924. The average Bonchev–Trinajstić information content (AvgIpc) is 2.44. The smallest absolute Gasteiger partial charge is 0.242 e. The van der Waals surface area contributed by atoms with E-state index in [-0.39, 0.29) is 22.6 Å². The minimum Gasteiger partial charge on any atom is -0.377 e. The van der Waals surface area contributed by atoms with E-state index < -0.39 is 10.0 Å². The van der Waals surface area contributed by atoms with E-state index in [0.717, 1.165) is 31.5 Å². The Bertz CT molecular complexity index is 572. The van der Waals surface area contributed by atoms with Gasteiger partial charge in [0.15, 0.2) is 0 Å². The Morgan fingerprint density at radius 2 is 2.10 bits per heavy atom. The highest BCUT2D eigenvalue weighted by Crippen LogP contribution is 2.22. The van der Waals surface area contributed by atoms with Gasteiger partial charge >= 0.3 is 0 Å². The Hall–Kier alpha value is -0.660. The van der Waals surface area contributed by atoms with Gasteiger partial charge in [0.1, 0.15) is 4.90 Å². The summed E-state index contributed by atoms with van der Waals surface area (Å²) in [5, 5.41) is 3.49. The van der Waals surface area contributed by atoms with Crippen LogP contribution in [-0.2, 0) is 14.8 Å². The first-order chi connectivity index (χ1) is 9.99. The number of ether oxygens (including phenoxy) is 1. The fourth-order valence-electron chi connectivity index (χ4n) is 2.27. The molecular weight excluding hydrogens is 312 g/mol. The van der Waals surface area contributed by atoms with E-state index in [1.807, 2.05) is 6.92 Å². The van der Waals surface area contributed by atoms with Crippen molar-refractivity contribution in [3.05, 3.63) is 28.8 Å². The molecule has 0 aromatic heterocycles. The molecule has 1 aromatic rings. The number of benzene rings is 1. The largest absolute Gasteiger partial charge is 0.377 e. The van der Waals surface area contributed by atoms with Crippen LogP contribution in [0.2, 0.25) is 5.02 Å². The number of hydrogen-bond acceptors (Lipinski definition) is 4.